The van der Waals surface area contributed by atoms with Crippen LogP contribution in [0.2, 0.25) is 0 Å². The zero-order valence-corrected chi connectivity index (χ0v) is 16.6. The monoisotopic (exact) mass is 412 g/mol. The van der Waals surface area contributed by atoms with E-state index in [9.17, 15) is 5.11 Å². The minimum atomic E-state index is -0.298. The Kier molecular flexibility index (Phi) is 4.30. The summed E-state index contributed by atoms with van der Waals surface area (Å²) in [5, 5.41) is 13.0. The molecule has 2 aliphatic rings. The Bertz CT molecular complexity index is 971. The van der Waals surface area contributed by atoms with Gasteiger partial charge in [-0.3, -0.25) is 0 Å². The number of aliphatic hydroxyl groups excluding tert-OH is 1. The van der Waals surface area contributed by atoms with Gasteiger partial charge in [-0.15, -0.1) is 0 Å². The highest BCUT2D eigenvalue weighted by Crippen LogP contribution is 2.41. The molecule has 1 aliphatic carbocycles. The Hall–Kier alpha value is -1.36. The first kappa shape index (κ1) is 16.8. The van der Waals surface area contributed by atoms with E-state index in [1.165, 1.54) is 59.7 Å². The van der Waals surface area contributed by atoms with Crippen molar-refractivity contribution >= 4 is 37.7 Å². The molecule has 1 fully saturated rings. The maximum atomic E-state index is 10.3. The van der Waals surface area contributed by atoms with Gasteiger partial charge in [-0.2, -0.15) is 0 Å². The lowest BCUT2D eigenvalue weighted by molar-refractivity contribution is 0.180. The molecule has 26 heavy (non-hydrogen) atoms. The molecule has 3 aromatic rings. The summed E-state index contributed by atoms with van der Waals surface area (Å²) < 4.78 is 3.62. The van der Waals surface area contributed by atoms with Gasteiger partial charge in [-0.1, -0.05) is 28.4 Å². The molecule has 2 heterocycles. The molecule has 3 nitrogen and oxygen atoms in total. The molecule has 0 radical (unpaired) electrons. The first-order valence-electron chi connectivity index (χ1n) is 9.86. The van der Waals surface area contributed by atoms with E-state index in [2.05, 4.69) is 55.7 Å². The smallest absolute Gasteiger partial charge is 0.0796 e. The zero-order valence-electron chi connectivity index (χ0n) is 15.0. The number of rotatable bonds is 3. The summed E-state index contributed by atoms with van der Waals surface area (Å²) in [5.41, 5.74) is 5.13. The van der Waals surface area contributed by atoms with E-state index in [1.807, 2.05) is 0 Å². The lowest BCUT2D eigenvalue weighted by Gasteiger charge is -2.26. The summed E-state index contributed by atoms with van der Waals surface area (Å²) in [6.45, 7) is 4.63. The van der Waals surface area contributed by atoms with E-state index in [-0.39, 0.29) is 6.10 Å². The van der Waals surface area contributed by atoms with Gasteiger partial charge in [0, 0.05) is 39.4 Å². The number of hydrogen-bond acceptors (Lipinski definition) is 2. The molecule has 1 aromatic heterocycles. The molecule has 1 saturated heterocycles. The lowest BCUT2D eigenvalue weighted by atomic mass is 10.0. The SMILES string of the molecule is OC1CCc2c1ccc1c2c2cc(Br)ccc2n1CCN1CCCCC1. The molecular weight excluding hydrogens is 388 g/mol. The summed E-state index contributed by atoms with van der Waals surface area (Å²) in [7, 11) is 0. The van der Waals surface area contributed by atoms with Crippen LogP contribution >= 0.6 is 15.9 Å². The predicted molar refractivity (Wildman–Crippen MR) is 111 cm³/mol. The molecule has 0 spiro atoms. The van der Waals surface area contributed by atoms with Crippen LogP contribution in [-0.4, -0.2) is 34.2 Å². The van der Waals surface area contributed by atoms with Crippen molar-refractivity contribution in [2.75, 3.05) is 19.6 Å². The highest BCUT2D eigenvalue weighted by Gasteiger charge is 2.25. The van der Waals surface area contributed by atoms with Crippen molar-refractivity contribution in [1.29, 1.82) is 0 Å². The number of halogens is 1. The largest absolute Gasteiger partial charge is 0.388 e. The van der Waals surface area contributed by atoms with Crippen molar-refractivity contribution < 1.29 is 5.11 Å². The van der Waals surface area contributed by atoms with E-state index >= 15 is 0 Å². The predicted octanol–water partition coefficient (Wildman–Crippen LogP) is 5.02. The average Bonchev–Trinajstić information content (AvgIpc) is 3.18. The van der Waals surface area contributed by atoms with Gasteiger partial charge in [0.05, 0.1) is 6.10 Å². The lowest BCUT2D eigenvalue weighted by Crippen LogP contribution is -2.32. The molecule has 0 amide bonds. The van der Waals surface area contributed by atoms with Crippen LogP contribution in [0.5, 0.6) is 0 Å². The molecule has 1 unspecified atom stereocenters. The molecule has 1 aliphatic heterocycles. The van der Waals surface area contributed by atoms with E-state index in [0.29, 0.717) is 0 Å². The second kappa shape index (κ2) is 6.66. The molecule has 1 N–H and O–H groups in total. The fourth-order valence-corrected chi connectivity index (χ4v) is 5.30. The van der Waals surface area contributed by atoms with E-state index in [1.54, 1.807) is 0 Å². The van der Waals surface area contributed by atoms with Crippen molar-refractivity contribution in [3.05, 3.63) is 45.9 Å². The van der Waals surface area contributed by atoms with Crippen LogP contribution in [0.1, 0.15) is 42.9 Å². The van der Waals surface area contributed by atoms with Crippen molar-refractivity contribution in [1.82, 2.24) is 9.47 Å². The minimum absolute atomic E-state index is 0.298. The fraction of sp³-hybridized carbons (Fsp3) is 0.455. The third-order valence-corrected chi connectivity index (χ3v) is 6.75. The molecule has 136 valence electrons. The van der Waals surface area contributed by atoms with Crippen LogP contribution in [0.15, 0.2) is 34.8 Å². The van der Waals surface area contributed by atoms with E-state index < -0.39 is 0 Å². The molecule has 0 saturated carbocycles. The second-order valence-electron chi connectivity index (χ2n) is 7.80. The van der Waals surface area contributed by atoms with Crippen LogP contribution in [0.4, 0.5) is 0 Å². The Balaban J connectivity index is 1.64. The van der Waals surface area contributed by atoms with Gasteiger partial charge >= 0.3 is 0 Å². The summed E-state index contributed by atoms with van der Waals surface area (Å²) in [6, 6.07) is 11.0. The zero-order chi connectivity index (χ0) is 17.7. The minimum Gasteiger partial charge on any atom is -0.388 e. The Morgan fingerprint density at radius 1 is 1.00 bits per heavy atom. The highest BCUT2D eigenvalue weighted by atomic mass is 79.9. The number of nitrogens with zero attached hydrogens (tertiary/aromatic N) is 2. The van der Waals surface area contributed by atoms with Gasteiger partial charge in [0.2, 0.25) is 0 Å². The molecule has 4 heteroatoms. The second-order valence-corrected chi connectivity index (χ2v) is 8.71. The van der Waals surface area contributed by atoms with Crippen molar-refractivity contribution in [2.24, 2.45) is 0 Å². The number of hydrogen-bond donors (Lipinski definition) is 1. The van der Waals surface area contributed by atoms with E-state index in [4.69, 9.17) is 0 Å². The standard InChI is InChI=1S/C22H25BrN2O/c23-15-4-7-19-18(14-15)22-17-6-9-21(26)16(17)5-8-20(22)25(19)13-12-24-10-2-1-3-11-24/h4-5,7-8,14,21,26H,1-3,6,9-13H2. The Labute approximate surface area is 162 Å². The summed E-state index contributed by atoms with van der Waals surface area (Å²) >= 11 is 3.65. The van der Waals surface area contributed by atoms with Crippen molar-refractivity contribution in [3.8, 4) is 0 Å². The van der Waals surface area contributed by atoms with Crippen molar-refractivity contribution in [3.63, 3.8) is 0 Å². The quantitative estimate of drug-likeness (QED) is 0.653. The summed E-state index contributed by atoms with van der Waals surface area (Å²) in [5.74, 6) is 0. The Morgan fingerprint density at radius 3 is 2.65 bits per heavy atom. The number of likely N-dealkylation sites (tertiary alicyclic amines) is 1. The number of fused-ring (bicyclic) bond motifs is 5. The first-order chi connectivity index (χ1) is 12.7. The summed E-state index contributed by atoms with van der Waals surface area (Å²) in [4.78, 5) is 2.61. The van der Waals surface area contributed by atoms with E-state index in [0.717, 1.165) is 36.0 Å². The maximum absolute atomic E-state index is 10.3. The molecule has 5 rings (SSSR count). The van der Waals surface area contributed by atoms with Gasteiger partial charge in [0.25, 0.3) is 0 Å². The number of aryl methyl sites for hydroxylation is 1. The van der Waals surface area contributed by atoms with Crippen LogP contribution in [0.3, 0.4) is 0 Å². The van der Waals surface area contributed by atoms with Gasteiger partial charge in [-0.25, -0.2) is 0 Å². The number of piperidine rings is 1. The van der Waals surface area contributed by atoms with Gasteiger partial charge in [0.15, 0.2) is 0 Å². The summed E-state index contributed by atoms with van der Waals surface area (Å²) in [6.07, 6.45) is 5.59. The molecular formula is C22H25BrN2O. The fourth-order valence-electron chi connectivity index (χ4n) is 4.93. The normalized spacial score (nSPS) is 20.9. The number of aliphatic hydroxyl groups is 1. The van der Waals surface area contributed by atoms with Crippen LogP contribution in [0, 0.1) is 0 Å². The number of benzene rings is 2. The Morgan fingerprint density at radius 2 is 1.81 bits per heavy atom. The van der Waals surface area contributed by atoms with Crippen molar-refractivity contribution in [2.45, 2.75) is 44.8 Å². The first-order valence-corrected chi connectivity index (χ1v) is 10.7. The van der Waals surface area contributed by atoms with Crippen LogP contribution in [-0.2, 0) is 13.0 Å². The average molecular weight is 413 g/mol. The third-order valence-electron chi connectivity index (χ3n) is 6.25. The number of aromatic nitrogens is 1. The van der Waals surface area contributed by atoms with Crippen LogP contribution < -0.4 is 0 Å². The molecule has 0 bridgehead atoms. The van der Waals surface area contributed by atoms with Gasteiger partial charge < -0.3 is 14.6 Å². The third kappa shape index (κ3) is 2.70. The van der Waals surface area contributed by atoms with Gasteiger partial charge in [0.1, 0.15) is 0 Å². The van der Waals surface area contributed by atoms with Gasteiger partial charge in [-0.05, 0) is 74.2 Å². The highest BCUT2D eigenvalue weighted by molar-refractivity contribution is 9.10. The molecule has 1 atom stereocenters. The molecule has 2 aromatic carbocycles. The maximum Gasteiger partial charge on any atom is 0.0796 e. The topological polar surface area (TPSA) is 28.4 Å². The van der Waals surface area contributed by atoms with Crippen LogP contribution in [0.25, 0.3) is 21.8 Å².